The Morgan fingerprint density at radius 2 is 1.95 bits per heavy atom. The van der Waals surface area contributed by atoms with E-state index in [0.29, 0.717) is 18.7 Å². The van der Waals surface area contributed by atoms with E-state index in [-0.39, 0.29) is 11.5 Å². The number of nitrogens with zero attached hydrogens (tertiary/aromatic N) is 2. The fraction of sp³-hybridized carbons (Fsp3) is 0.429. The number of aliphatic hydroxyl groups is 1. The summed E-state index contributed by atoms with van der Waals surface area (Å²) in [5, 5.41) is 8.68. The van der Waals surface area contributed by atoms with Gasteiger partial charge in [0.05, 0.1) is 4.90 Å². The second-order valence-corrected chi connectivity index (χ2v) is 6.63. The first kappa shape index (κ1) is 15.0. The Kier molecular flexibility index (Phi) is 4.78. The van der Waals surface area contributed by atoms with Crippen LogP contribution in [0.2, 0.25) is 0 Å². The quantitative estimate of drug-likeness (QED) is 0.778. The third kappa shape index (κ3) is 3.38. The minimum absolute atomic E-state index is 0.241. The Bertz CT molecular complexity index is 623. The molecule has 0 amide bonds. The van der Waals surface area contributed by atoms with Crippen LogP contribution in [0, 0.1) is 11.8 Å². The van der Waals surface area contributed by atoms with Crippen LogP contribution in [0.25, 0.3) is 0 Å². The van der Waals surface area contributed by atoms with Crippen molar-refractivity contribution in [2.24, 2.45) is 0 Å². The topological polar surface area (TPSA) is 60.9 Å². The molecule has 0 atom stereocenters. The van der Waals surface area contributed by atoms with Crippen LogP contribution in [0.3, 0.4) is 0 Å². The van der Waals surface area contributed by atoms with E-state index in [4.69, 9.17) is 5.11 Å². The first-order chi connectivity index (χ1) is 9.54. The van der Waals surface area contributed by atoms with Crippen LogP contribution in [0.4, 0.5) is 0 Å². The van der Waals surface area contributed by atoms with Crippen molar-refractivity contribution in [3.8, 4) is 11.8 Å². The summed E-state index contributed by atoms with van der Waals surface area (Å²) in [6.07, 6.45) is 0. The van der Waals surface area contributed by atoms with Crippen LogP contribution in [-0.4, -0.2) is 62.6 Å². The van der Waals surface area contributed by atoms with Crippen molar-refractivity contribution < 1.29 is 13.5 Å². The van der Waals surface area contributed by atoms with Gasteiger partial charge in [-0.1, -0.05) is 17.9 Å². The maximum Gasteiger partial charge on any atom is 0.243 e. The Labute approximate surface area is 119 Å². The fourth-order valence-electron chi connectivity index (χ4n) is 2.05. The number of likely N-dealkylation sites (N-methyl/N-ethyl adjacent to an activating group) is 1. The molecule has 5 nitrogen and oxygen atoms in total. The van der Waals surface area contributed by atoms with Gasteiger partial charge in [0.25, 0.3) is 0 Å². The summed E-state index contributed by atoms with van der Waals surface area (Å²) in [6.45, 7) is 2.25. The summed E-state index contributed by atoms with van der Waals surface area (Å²) in [7, 11) is -1.48. The molecule has 0 aliphatic carbocycles. The summed E-state index contributed by atoms with van der Waals surface area (Å²) in [6, 6.07) is 6.53. The summed E-state index contributed by atoms with van der Waals surface area (Å²) in [4.78, 5) is 2.36. The molecule has 0 radical (unpaired) electrons. The van der Waals surface area contributed by atoms with E-state index in [1.165, 1.54) is 4.31 Å². The Balaban J connectivity index is 2.25. The molecule has 6 heteroatoms. The maximum absolute atomic E-state index is 12.5. The van der Waals surface area contributed by atoms with Crippen LogP contribution < -0.4 is 0 Å². The van der Waals surface area contributed by atoms with Crippen molar-refractivity contribution in [2.75, 3.05) is 39.8 Å². The molecule has 0 bridgehead atoms. The molecule has 1 fully saturated rings. The van der Waals surface area contributed by atoms with E-state index in [1.54, 1.807) is 24.3 Å². The number of benzene rings is 1. The van der Waals surface area contributed by atoms with Crippen molar-refractivity contribution >= 4 is 10.0 Å². The van der Waals surface area contributed by atoms with E-state index in [2.05, 4.69) is 16.7 Å². The normalized spacial score (nSPS) is 17.5. The van der Waals surface area contributed by atoms with E-state index >= 15 is 0 Å². The lowest BCUT2D eigenvalue weighted by atomic mass is 10.2. The molecule has 1 aliphatic heterocycles. The van der Waals surface area contributed by atoms with Crippen molar-refractivity contribution in [2.45, 2.75) is 4.90 Å². The number of sulfonamides is 1. The summed E-state index contributed by atoms with van der Waals surface area (Å²) in [5.41, 5.74) is 0.592. The molecule has 1 saturated heterocycles. The molecule has 0 saturated carbocycles. The second kappa shape index (κ2) is 6.37. The summed E-state index contributed by atoms with van der Waals surface area (Å²) in [5.74, 6) is 5.24. The van der Waals surface area contributed by atoms with Gasteiger partial charge in [-0.25, -0.2) is 8.42 Å². The highest BCUT2D eigenvalue weighted by Gasteiger charge is 2.27. The van der Waals surface area contributed by atoms with E-state index in [1.807, 2.05) is 7.05 Å². The van der Waals surface area contributed by atoms with Gasteiger partial charge in [-0.15, -0.1) is 0 Å². The lowest BCUT2D eigenvalue weighted by Crippen LogP contribution is -2.47. The predicted octanol–water partition coefficient (Wildman–Crippen LogP) is -0.0335. The van der Waals surface area contributed by atoms with Gasteiger partial charge in [0, 0.05) is 31.7 Å². The van der Waals surface area contributed by atoms with Gasteiger partial charge in [-0.2, -0.15) is 4.31 Å². The average molecular weight is 294 g/mol. The predicted molar refractivity (Wildman–Crippen MR) is 76.7 cm³/mol. The molecule has 2 rings (SSSR count). The monoisotopic (exact) mass is 294 g/mol. The third-order valence-corrected chi connectivity index (χ3v) is 5.14. The van der Waals surface area contributed by atoms with Crippen molar-refractivity contribution in [1.82, 2.24) is 9.21 Å². The lowest BCUT2D eigenvalue weighted by molar-refractivity contribution is 0.222. The highest BCUT2D eigenvalue weighted by Crippen LogP contribution is 2.18. The molecule has 0 aromatic heterocycles. The number of aliphatic hydroxyl groups excluding tert-OH is 1. The highest BCUT2D eigenvalue weighted by atomic mass is 32.2. The number of rotatable bonds is 2. The highest BCUT2D eigenvalue weighted by molar-refractivity contribution is 7.89. The standard InChI is InChI=1S/C14H18N2O3S/c1-15-7-9-16(10-8-15)20(18,19)14-6-2-4-13(12-14)5-3-11-17/h2,4,6,12,17H,7-11H2,1H3. The van der Waals surface area contributed by atoms with Crippen LogP contribution in [0.15, 0.2) is 29.2 Å². The maximum atomic E-state index is 12.5. The average Bonchev–Trinajstić information content (AvgIpc) is 2.46. The number of hydrogen-bond donors (Lipinski definition) is 1. The largest absolute Gasteiger partial charge is 0.384 e. The zero-order chi connectivity index (χ0) is 14.6. The lowest BCUT2D eigenvalue weighted by Gasteiger charge is -2.31. The molecule has 1 heterocycles. The molecule has 108 valence electrons. The van der Waals surface area contributed by atoms with Gasteiger partial charge in [0.15, 0.2) is 0 Å². The zero-order valence-electron chi connectivity index (χ0n) is 11.4. The molecule has 0 unspecified atom stereocenters. The second-order valence-electron chi connectivity index (χ2n) is 4.70. The SMILES string of the molecule is CN1CCN(S(=O)(=O)c2cccc(C#CCO)c2)CC1. The van der Waals surface area contributed by atoms with Gasteiger partial charge >= 0.3 is 0 Å². The van der Waals surface area contributed by atoms with Gasteiger partial charge < -0.3 is 10.0 Å². The number of piperazine rings is 1. The van der Waals surface area contributed by atoms with Crippen LogP contribution in [0.1, 0.15) is 5.56 Å². The third-order valence-electron chi connectivity index (χ3n) is 3.25. The molecule has 1 aromatic rings. The minimum Gasteiger partial charge on any atom is -0.384 e. The molecule has 0 spiro atoms. The Morgan fingerprint density at radius 3 is 2.60 bits per heavy atom. The first-order valence-electron chi connectivity index (χ1n) is 6.42. The molecule has 1 N–H and O–H groups in total. The smallest absolute Gasteiger partial charge is 0.243 e. The molecular formula is C14H18N2O3S. The fourth-order valence-corrected chi connectivity index (χ4v) is 3.52. The zero-order valence-corrected chi connectivity index (χ0v) is 12.2. The molecule has 1 aliphatic rings. The molecule has 20 heavy (non-hydrogen) atoms. The van der Waals surface area contributed by atoms with Gasteiger partial charge in [-0.3, -0.25) is 0 Å². The van der Waals surface area contributed by atoms with Crippen molar-refractivity contribution in [3.63, 3.8) is 0 Å². The first-order valence-corrected chi connectivity index (χ1v) is 7.86. The van der Waals surface area contributed by atoms with Gasteiger partial charge in [0.1, 0.15) is 6.61 Å². The minimum atomic E-state index is -3.46. The summed E-state index contributed by atoms with van der Waals surface area (Å²) >= 11 is 0. The molecular weight excluding hydrogens is 276 g/mol. The number of hydrogen-bond acceptors (Lipinski definition) is 4. The van der Waals surface area contributed by atoms with Gasteiger partial charge in [0.2, 0.25) is 10.0 Å². The van der Waals surface area contributed by atoms with E-state index < -0.39 is 10.0 Å². The Morgan fingerprint density at radius 1 is 1.25 bits per heavy atom. The van der Waals surface area contributed by atoms with Gasteiger partial charge in [-0.05, 0) is 25.2 Å². The van der Waals surface area contributed by atoms with Crippen LogP contribution in [-0.2, 0) is 10.0 Å². The Hall–Kier alpha value is -1.39. The van der Waals surface area contributed by atoms with E-state index in [9.17, 15) is 8.42 Å². The van der Waals surface area contributed by atoms with Crippen molar-refractivity contribution in [1.29, 1.82) is 0 Å². The summed E-state index contributed by atoms with van der Waals surface area (Å²) < 4.78 is 26.6. The van der Waals surface area contributed by atoms with Crippen LogP contribution in [0.5, 0.6) is 0 Å². The molecule has 1 aromatic carbocycles. The van der Waals surface area contributed by atoms with Crippen LogP contribution >= 0.6 is 0 Å². The van der Waals surface area contributed by atoms with Crippen molar-refractivity contribution in [3.05, 3.63) is 29.8 Å². The van der Waals surface area contributed by atoms with E-state index in [0.717, 1.165) is 13.1 Å².